The van der Waals surface area contributed by atoms with E-state index in [2.05, 4.69) is 5.10 Å². The molecule has 1 aromatic carbocycles. The number of hydrogen-bond donors (Lipinski definition) is 1. The van der Waals surface area contributed by atoms with Crippen molar-refractivity contribution in [3.05, 3.63) is 53.9 Å². The Morgan fingerprint density at radius 2 is 2.14 bits per heavy atom. The van der Waals surface area contributed by atoms with E-state index in [1.807, 2.05) is 48.1 Å². The minimum atomic E-state index is -0.712. The van der Waals surface area contributed by atoms with Gasteiger partial charge in [-0.2, -0.15) is 5.10 Å². The Hall–Kier alpha value is -2.14. The van der Waals surface area contributed by atoms with Crippen LogP contribution in [0, 0.1) is 11.8 Å². The van der Waals surface area contributed by atoms with Crippen LogP contribution in [-0.2, 0) is 22.7 Å². The summed E-state index contributed by atoms with van der Waals surface area (Å²) in [5.41, 5.74) is 2.17. The highest BCUT2D eigenvalue weighted by molar-refractivity contribution is 5.76. The van der Waals surface area contributed by atoms with E-state index in [0.29, 0.717) is 19.8 Å². The van der Waals surface area contributed by atoms with Crippen LogP contribution in [0.5, 0.6) is 0 Å². The van der Waals surface area contributed by atoms with Crippen molar-refractivity contribution in [2.24, 2.45) is 11.8 Å². The van der Waals surface area contributed by atoms with Crippen LogP contribution in [0.1, 0.15) is 24.0 Å². The van der Waals surface area contributed by atoms with Gasteiger partial charge in [-0.15, -0.1) is 0 Å². The molecule has 2 aromatic rings. The molecule has 22 heavy (non-hydrogen) atoms. The summed E-state index contributed by atoms with van der Waals surface area (Å²) in [6, 6.07) is 10.0. The number of ether oxygens (including phenoxy) is 1. The molecule has 0 radical (unpaired) electrons. The van der Waals surface area contributed by atoms with E-state index in [1.54, 1.807) is 6.20 Å². The highest BCUT2D eigenvalue weighted by atomic mass is 16.5. The first-order valence-electron chi connectivity index (χ1n) is 7.53. The fourth-order valence-electron chi connectivity index (χ4n) is 2.95. The molecule has 116 valence electrons. The average Bonchev–Trinajstić information content (AvgIpc) is 2.98. The molecular weight excluding hydrogens is 280 g/mol. The third-order valence-electron chi connectivity index (χ3n) is 4.28. The lowest BCUT2D eigenvalue weighted by Crippen LogP contribution is -2.06. The third-order valence-corrected chi connectivity index (χ3v) is 4.28. The van der Waals surface area contributed by atoms with Gasteiger partial charge in [-0.05, 0) is 17.0 Å². The van der Waals surface area contributed by atoms with E-state index < -0.39 is 5.97 Å². The number of hydrogen-bond acceptors (Lipinski definition) is 3. The maximum absolute atomic E-state index is 11.1. The average molecular weight is 300 g/mol. The van der Waals surface area contributed by atoms with Gasteiger partial charge in [-0.3, -0.25) is 9.48 Å². The summed E-state index contributed by atoms with van der Waals surface area (Å²) >= 11 is 0. The van der Waals surface area contributed by atoms with Crippen molar-refractivity contribution >= 4 is 5.97 Å². The van der Waals surface area contributed by atoms with Gasteiger partial charge in [0.25, 0.3) is 0 Å². The number of carbonyl (C=O) groups is 1. The predicted molar refractivity (Wildman–Crippen MR) is 81.4 cm³/mol. The highest BCUT2D eigenvalue weighted by Crippen LogP contribution is 2.53. The molecule has 3 atom stereocenters. The van der Waals surface area contributed by atoms with Gasteiger partial charge in [0.15, 0.2) is 0 Å². The molecule has 0 aliphatic heterocycles. The molecule has 3 rings (SSSR count). The zero-order chi connectivity index (χ0) is 15.5. The Labute approximate surface area is 129 Å². The second kappa shape index (κ2) is 6.32. The topological polar surface area (TPSA) is 64.3 Å². The molecule has 0 spiro atoms. The Balaban J connectivity index is 1.46. The van der Waals surface area contributed by atoms with Crippen molar-refractivity contribution in [2.75, 3.05) is 6.61 Å². The highest BCUT2D eigenvalue weighted by Gasteiger charge is 2.53. The second-order valence-electron chi connectivity index (χ2n) is 5.82. The predicted octanol–water partition coefficient (Wildman–Crippen LogP) is 2.53. The lowest BCUT2D eigenvalue weighted by atomic mass is 10.2. The van der Waals surface area contributed by atoms with Crippen LogP contribution in [0.3, 0.4) is 0 Å². The van der Waals surface area contributed by atoms with Gasteiger partial charge in [-0.25, -0.2) is 0 Å². The fraction of sp³-hybridized carbons (Fsp3) is 0.412. The summed E-state index contributed by atoms with van der Waals surface area (Å²) in [6.45, 7) is 3.82. The van der Waals surface area contributed by atoms with Gasteiger partial charge in [0.05, 0.1) is 31.9 Å². The first-order valence-corrected chi connectivity index (χ1v) is 7.53. The van der Waals surface area contributed by atoms with Gasteiger partial charge < -0.3 is 9.84 Å². The maximum atomic E-state index is 11.1. The third kappa shape index (κ3) is 3.20. The van der Waals surface area contributed by atoms with Crippen LogP contribution in [0.4, 0.5) is 0 Å². The second-order valence-corrected chi connectivity index (χ2v) is 5.82. The van der Waals surface area contributed by atoms with Crippen LogP contribution in [-0.4, -0.2) is 27.5 Å². The minimum absolute atomic E-state index is 0.108. The summed E-state index contributed by atoms with van der Waals surface area (Å²) in [7, 11) is 0. The van der Waals surface area contributed by atoms with Crippen molar-refractivity contribution in [3.8, 4) is 0 Å². The van der Waals surface area contributed by atoms with Crippen molar-refractivity contribution in [2.45, 2.75) is 26.0 Å². The number of aromatic nitrogens is 2. The summed E-state index contributed by atoms with van der Waals surface area (Å²) < 4.78 is 7.46. The molecule has 1 aliphatic rings. The van der Waals surface area contributed by atoms with E-state index >= 15 is 0 Å². The molecule has 1 heterocycles. The van der Waals surface area contributed by atoms with Gasteiger partial charge >= 0.3 is 5.97 Å². The van der Waals surface area contributed by atoms with Gasteiger partial charge in [-0.1, -0.05) is 37.3 Å². The van der Waals surface area contributed by atoms with Crippen molar-refractivity contribution < 1.29 is 14.6 Å². The number of nitrogens with zero attached hydrogens (tertiary/aromatic N) is 2. The molecule has 3 unspecified atom stereocenters. The van der Waals surface area contributed by atoms with Gasteiger partial charge in [0.1, 0.15) is 0 Å². The van der Waals surface area contributed by atoms with Gasteiger partial charge in [0.2, 0.25) is 0 Å². The number of benzene rings is 1. The standard InChI is InChI=1S/C17H20N2O3/c1-12-15(16(12)17(20)21)14-9-18-19(10-14)7-8-22-11-13-5-3-2-4-6-13/h2-6,9-10,12,15-16H,7-8,11H2,1H3,(H,20,21). The molecular formula is C17H20N2O3. The van der Waals surface area contributed by atoms with E-state index in [4.69, 9.17) is 9.84 Å². The van der Waals surface area contributed by atoms with Crippen LogP contribution < -0.4 is 0 Å². The van der Waals surface area contributed by atoms with E-state index in [1.165, 1.54) is 0 Å². The summed E-state index contributed by atoms with van der Waals surface area (Å²) in [5.74, 6) is -0.663. The Bertz CT molecular complexity index is 638. The van der Waals surface area contributed by atoms with Crippen LogP contribution in [0.25, 0.3) is 0 Å². The largest absolute Gasteiger partial charge is 0.481 e. The van der Waals surface area contributed by atoms with E-state index in [-0.39, 0.29) is 17.8 Å². The maximum Gasteiger partial charge on any atom is 0.307 e. The quantitative estimate of drug-likeness (QED) is 0.798. The normalized spacial score (nSPS) is 23.4. The molecule has 0 amide bonds. The number of rotatable bonds is 7. The fourth-order valence-corrected chi connectivity index (χ4v) is 2.95. The molecule has 0 bridgehead atoms. The number of aliphatic carboxylic acids is 1. The minimum Gasteiger partial charge on any atom is -0.481 e. The van der Waals surface area contributed by atoms with E-state index in [9.17, 15) is 4.79 Å². The SMILES string of the molecule is CC1C(C(=O)O)C1c1cnn(CCOCc2ccccc2)c1. The van der Waals surface area contributed by atoms with Crippen LogP contribution in [0.15, 0.2) is 42.7 Å². The van der Waals surface area contributed by atoms with Crippen molar-refractivity contribution in [3.63, 3.8) is 0 Å². The van der Waals surface area contributed by atoms with Gasteiger partial charge in [0, 0.05) is 12.1 Å². The smallest absolute Gasteiger partial charge is 0.307 e. The number of carboxylic acids is 1. The Morgan fingerprint density at radius 1 is 1.36 bits per heavy atom. The number of carboxylic acid groups (broad SMARTS) is 1. The molecule has 5 nitrogen and oxygen atoms in total. The first kappa shape index (κ1) is 14.8. The van der Waals surface area contributed by atoms with E-state index in [0.717, 1.165) is 11.1 Å². The summed E-state index contributed by atoms with van der Waals surface area (Å²) in [6.07, 6.45) is 3.72. The zero-order valence-electron chi connectivity index (χ0n) is 12.6. The molecule has 5 heteroatoms. The molecule has 1 aliphatic carbocycles. The van der Waals surface area contributed by atoms with Crippen molar-refractivity contribution in [1.29, 1.82) is 0 Å². The molecule has 1 aromatic heterocycles. The molecule has 0 saturated heterocycles. The first-order chi connectivity index (χ1) is 10.7. The molecule has 1 fully saturated rings. The lowest BCUT2D eigenvalue weighted by molar-refractivity contribution is -0.138. The lowest BCUT2D eigenvalue weighted by Gasteiger charge is -2.04. The Kier molecular flexibility index (Phi) is 4.24. The van der Waals surface area contributed by atoms with Crippen molar-refractivity contribution in [1.82, 2.24) is 9.78 Å². The Morgan fingerprint density at radius 3 is 2.82 bits per heavy atom. The zero-order valence-corrected chi connectivity index (χ0v) is 12.6. The summed E-state index contributed by atoms with van der Waals surface area (Å²) in [4.78, 5) is 11.1. The monoisotopic (exact) mass is 300 g/mol. The molecule has 1 N–H and O–H groups in total. The van der Waals surface area contributed by atoms with Crippen LogP contribution in [0.2, 0.25) is 0 Å². The summed E-state index contributed by atoms with van der Waals surface area (Å²) in [5, 5.41) is 13.4. The molecule has 1 saturated carbocycles. The van der Waals surface area contributed by atoms with Crippen LogP contribution >= 0.6 is 0 Å².